The molecular formula is C57H38N4O. The summed E-state index contributed by atoms with van der Waals surface area (Å²) in [6.45, 7) is 0. The van der Waals surface area contributed by atoms with E-state index in [1.807, 2.05) is 73.0 Å². The minimum absolute atomic E-state index is 0.382. The van der Waals surface area contributed by atoms with Crippen LogP contribution in [0.4, 0.5) is 0 Å². The summed E-state index contributed by atoms with van der Waals surface area (Å²) in [7, 11) is 0. The number of furan rings is 1. The van der Waals surface area contributed by atoms with Crippen LogP contribution in [0.5, 0.6) is 0 Å². The van der Waals surface area contributed by atoms with Crippen molar-refractivity contribution in [3.63, 3.8) is 0 Å². The third kappa shape index (κ3) is 6.68. The summed E-state index contributed by atoms with van der Waals surface area (Å²) in [4.78, 5) is 5.06. The van der Waals surface area contributed by atoms with E-state index in [1.165, 1.54) is 0 Å². The lowest BCUT2D eigenvalue weighted by molar-refractivity contribution is 0.670. The molecule has 0 aliphatic carbocycles. The van der Waals surface area contributed by atoms with Crippen LogP contribution in [0.2, 0.25) is 0 Å². The SMILES string of the molecule is N=C(/C=C(\N=Cc1ccc(-c2c(-c3ccccc3)nn3c(-c4ccccc4)cc4ccccc4c23)cc1)c1ccc(-c2cccc3c2oc2ccccc23)cc1)c1ccccc1. The molecule has 0 radical (unpaired) electrons. The standard InChI is InChI=1S/C57H38N4O/c58-50(40-15-4-1-5-16-40)36-51(41-33-31-39(32-34-41)47-24-14-25-49-48-23-12-13-26-53(48)62-57(47)49)59-37-38-27-29-43(30-28-38)54-55(44-19-8-3-9-20-44)60-61-52(42-17-6-2-7-18-42)35-45-21-10-11-22-46(45)56(54)61/h1-37,58H/b51-36-,58-50?,59-37?. The van der Waals surface area contributed by atoms with E-state index in [-0.39, 0.29) is 0 Å². The van der Waals surface area contributed by atoms with Crippen molar-refractivity contribution in [2.24, 2.45) is 4.99 Å². The molecule has 0 saturated carbocycles. The zero-order valence-electron chi connectivity index (χ0n) is 33.6. The largest absolute Gasteiger partial charge is 0.455 e. The molecule has 3 aromatic heterocycles. The first-order valence-electron chi connectivity index (χ1n) is 20.7. The maximum absolute atomic E-state index is 9.03. The molecule has 0 saturated heterocycles. The molecule has 5 nitrogen and oxygen atoms in total. The molecule has 0 atom stereocenters. The molecule has 5 heteroatoms. The molecule has 292 valence electrons. The van der Waals surface area contributed by atoms with Crippen LogP contribution < -0.4 is 0 Å². The van der Waals surface area contributed by atoms with Gasteiger partial charge in [0, 0.05) is 50.2 Å². The van der Waals surface area contributed by atoms with Gasteiger partial charge in [0.25, 0.3) is 0 Å². The Hall–Kier alpha value is -8.41. The van der Waals surface area contributed by atoms with Crippen molar-refractivity contribution in [2.45, 2.75) is 0 Å². The summed E-state index contributed by atoms with van der Waals surface area (Å²) >= 11 is 0. The molecule has 0 aliphatic rings. The second kappa shape index (κ2) is 15.6. The van der Waals surface area contributed by atoms with Crippen molar-refractivity contribution < 1.29 is 4.42 Å². The normalized spacial score (nSPS) is 12.0. The number of aliphatic imine (C=N–C) groups is 1. The van der Waals surface area contributed by atoms with E-state index >= 15 is 0 Å². The van der Waals surface area contributed by atoms with Gasteiger partial charge in [-0.05, 0) is 45.8 Å². The molecule has 11 aromatic rings. The van der Waals surface area contributed by atoms with Crippen LogP contribution in [0.25, 0.3) is 88.7 Å². The molecule has 0 bridgehead atoms. The fraction of sp³-hybridized carbons (Fsp3) is 0. The number of rotatable bonds is 9. The Bertz CT molecular complexity index is 3490. The van der Waals surface area contributed by atoms with Gasteiger partial charge >= 0.3 is 0 Å². The van der Waals surface area contributed by atoms with Crippen molar-refractivity contribution in [1.82, 2.24) is 9.61 Å². The quantitative estimate of drug-likeness (QED) is 0.148. The van der Waals surface area contributed by atoms with Crippen LogP contribution >= 0.6 is 0 Å². The summed E-state index contributed by atoms with van der Waals surface area (Å²) in [6, 6.07) is 72.8. The summed E-state index contributed by atoms with van der Waals surface area (Å²) in [6.07, 6.45) is 3.73. The number of allylic oxidation sites excluding steroid dienone is 1. The number of aromatic nitrogens is 2. The number of nitrogens with one attached hydrogen (secondary N) is 1. The van der Waals surface area contributed by atoms with E-state index in [4.69, 9.17) is 19.9 Å². The third-order valence-electron chi connectivity index (χ3n) is 11.6. The number of benzene rings is 8. The van der Waals surface area contributed by atoms with E-state index in [9.17, 15) is 0 Å². The number of fused-ring (bicyclic) bond motifs is 6. The number of para-hydroxylation sites is 2. The van der Waals surface area contributed by atoms with E-state index in [2.05, 4.69) is 156 Å². The molecule has 0 aliphatic heterocycles. The number of hydrogen-bond acceptors (Lipinski definition) is 4. The Labute approximate surface area is 358 Å². The maximum Gasteiger partial charge on any atom is 0.143 e. The van der Waals surface area contributed by atoms with Gasteiger partial charge in [-0.25, -0.2) is 4.52 Å². The van der Waals surface area contributed by atoms with E-state index in [0.717, 1.165) is 99.7 Å². The van der Waals surface area contributed by atoms with Crippen molar-refractivity contribution in [1.29, 1.82) is 5.41 Å². The maximum atomic E-state index is 9.03. The van der Waals surface area contributed by atoms with Gasteiger partial charge in [0.1, 0.15) is 16.9 Å². The third-order valence-corrected chi connectivity index (χ3v) is 11.6. The fourth-order valence-electron chi connectivity index (χ4n) is 8.48. The highest BCUT2D eigenvalue weighted by Gasteiger charge is 2.21. The minimum Gasteiger partial charge on any atom is -0.455 e. The molecule has 3 heterocycles. The van der Waals surface area contributed by atoms with Gasteiger partial charge in [-0.2, -0.15) is 5.10 Å². The van der Waals surface area contributed by atoms with Crippen LogP contribution in [-0.2, 0) is 0 Å². The second-order valence-corrected chi connectivity index (χ2v) is 15.4. The topological polar surface area (TPSA) is 66.7 Å². The molecule has 0 fully saturated rings. The van der Waals surface area contributed by atoms with Crippen LogP contribution in [0.1, 0.15) is 16.7 Å². The predicted molar refractivity (Wildman–Crippen MR) is 257 cm³/mol. The van der Waals surface area contributed by atoms with Gasteiger partial charge in [0.15, 0.2) is 0 Å². The lowest BCUT2D eigenvalue weighted by Gasteiger charge is -2.11. The Morgan fingerprint density at radius 3 is 1.92 bits per heavy atom. The smallest absolute Gasteiger partial charge is 0.143 e. The summed E-state index contributed by atoms with van der Waals surface area (Å²) in [5, 5.41) is 18.9. The Morgan fingerprint density at radius 1 is 0.532 bits per heavy atom. The van der Waals surface area contributed by atoms with Crippen LogP contribution in [0, 0.1) is 5.41 Å². The van der Waals surface area contributed by atoms with E-state index in [1.54, 1.807) is 0 Å². The summed E-state index contributed by atoms with van der Waals surface area (Å²) in [5.74, 6) is 0. The number of hydrogen-bond donors (Lipinski definition) is 1. The molecule has 11 rings (SSSR count). The Kier molecular flexibility index (Phi) is 9.25. The van der Waals surface area contributed by atoms with Crippen molar-refractivity contribution >= 4 is 55.9 Å². The first kappa shape index (κ1) is 36.7. The lowest BCUT2D eigenvalue weighted by Crippen LogP contribution is -1.96. The van der Waals surface area contributed by atoms with Gasteiger partial charge in [0.2, 0.25) is 0 Å². The minimum atomic E-state index is 0.382. The molecule has 0 spiro atoms. The molecule has 62 heavy (non-hydrogen) atoms. The Balaban J connectivity index is 0.988. The molecular weight excluding hydrogens is 757 g/mol. The first-order valence-corrected chi connectivity index (χ1v) is 20.7. The predicted octanol–water partition coefficient (Wildman–Crippen LogP) is 14.6. The van der Waals surface area contributed by atoms with E-state index < -0.39 is 0 Å². The number of pyridine rings is 1. The van der Waals surface area contributed by atoms with Crippen LogP contribution in [0.15, 0.2) is 228 Å². The fourth-order valence-corrected chi connectivity index (χ4v) is 8.48. The Morgan fingerprint density at radius 2 is 1.16 bits per heavy atom. The van der Waals surface area contributed by atoms with Crippen LogP contribution in [-0.4, -0.2) is 21.5 Å². The highest BCUT2D eigenvalue weighted by atomic mass is 16.3. The lowest BCUT2D eigenvalue weighted by atomic mass is 9.96. The highest BCUT2D eigenvalue weighted by Crippen LogP contribution is 2.41. The number of nitrogens with zero attached hydrogens (tertiary/aromatic N) is 3. The van der Waals surface area contributed by atoms with Crippen molar-refractivity contribution in [2.75, 3.05) is 0 Å². The van der Waals surface area contributed by atoms with Gasteiger partial charge in [-0.15, -0.1) is 0 Å². The van der Waals surface area contributed by atoms with Crippen molar-refractivity contribution in [3.8, 4) is 44.8 Å². The van der Waals surface area contributed by atoms with Gasteiger partial charge in [0.05, 0.1) is 22.6 Å². The summed E-state index contributed by atoms with van der Waals surface area (Å²) < 4.78 is 8.48. The second-order valence-electron chi connectivity index (χ2n) is 15.4. The van der Waals surface area contributed by atoms with Gasteiger partial charge < -0.3 is 9.83 Å². The average molecular weight is 795 g/mol. The first-order chi connectivity index (χ1) is 30.7. The molecule has 8 aromatic carbocycles. The van der Waals surface area contributed by atoms with E-state index in [0.29, 0.717) is 11.4 Å². The van der Waals surface area contributed by atoms with Crippen LogP contribution in [0.3, 0.4) is 0 Å². The van der Waals surface area contributed by atoms with Gasteiger partial charge in [-0.1, -0.05) is 200 Å². The van der Waals surface area contributed by atoms with Crippen molar-refractivity contribution in [3.05, 3.63) is 235 Å². The molecule has 0 unspecified atom stereocenters. The summed E-state index contributed by atoms with van der Waals surface area (Å²) in [5.41, 5.74) is 14.8. The van der Waals surface area contributed by atoms with Gasteiger partial charge in [-0.3, -0.25) is 4.99 Å². The average Bonchev–Trinajstić information content (AvgIpc) is 3.94. The monoisotopic (exact) mass is 794 g/mol. The molecule has 0 amide bonds. The molecule has 1 N–H and O–H groups in total. The highest BCUT2D eigenvalue weighted by molar-refractivity contribution is 6.12. The zero-order chi connectivity index (χ0) is 41.4. The zero-order valence-corrected chi connectivity index (χ0v) is 33.6.